The maximum absolute atomic E-state index is 11.0. The van der Waals surface area contributed by atoms with Crippen molar-refractivity contribution in [2.45, 2.75) is 12.0 Å². The van der Waals surface area contributed by atoms with E-state index >= 15 is 0 Å². The molecular formula is C12H12ClNO3. The molecule has 90 valence electrons. The number of benzene rings is 1. The van der Waals surface area contributed by atoms with Crippen LogP contribution in [0.2, 0.25) is 5.02 Å². The fourth-order valence-corrected chi connectivity index (χ4v) is 2.76. The topological polar surface area (TPSA) is 49.8 Å². The molecule has 0 aliphatic carbocycles. The Kier molecular flexibility index (Phi) is 2.31. The Balaban J connectivity index is 1.98. The highest BCUT2D eigenvalue weighted by Gasteiger charge is 2.51. The zero-order valence-electron chi connectivity index (χ0n) is 9.15. The van der Waals surface area contributed by atoms with Crippen molar-refractivity contribution in [1.82, 2.24) is 0 Å². The van der Waals surface area contributed by atoms with Gasteiger partial charge in [0.05, 0.1) is 35.0 Å². The number of rotatable bonds is 2. The third kappa shape index (κ3) is 1.44. The predicted octanol–water partition coefficient (Wildman–Crippen LogP) is 2.02. The first-order valence-electron chi connectivity index (χ1n) is 5.51. The van der Waals surface area contributed by atoms with E-state index in [2.05, 4.69) is 4.90 Å². The molecule has 2 aliphatic heterocycles. The molecule has 17 heavy (non-hydrogen) atoms. The summed E-state index contributed by atoms with van der Waals surface area (Å²) >= 11 is 6.16. The van der Waals surface area contributed by atoms with E-state index in [-0.39, 0.29) is 11.1 Å². The summed E-state index contributed by atoms with van der Waals surface area (Å²) in [5.41, 5.74) is 1.04. The van der Waals surface area contributed by atoms with Crippen LogP contribution in [-0.4, -0.2) is 36.4 Å². The molecule has 2 saturated heterocycles. The number of hydrogen-bond acceptors (Lipinski definition) is 3. The number of halogens is 1. The van der Waals surface area contributed by atoms with Crippen molar-refractivity contribution in [3.63, 3.8) is 0 Å². The van der Waals surface area contributed by atoms with Crippen molar-refractivity contribution >= 4 is 23.3 Å². The number of anilines is 1. The van der Waals surface area contributed by atoms with E-state index in [1.165, 1.54) is 6.07 Å². The zero-order valence-corrected chi connectivity index (χ0v) is 9.91. The molecule has 2 fully saturated rings. The number of carbonyl (C=O) groups is 1. The highest BCUT2D eigenvalue weighted by Crippen LogP contribution is 2.44. The lowest BCUT2D eigenvalue weighted by Crippen LogP contribution is -2.71. The maximum atomic E-state index is 11.0. The number of nitrogens with zero attached hydrogens (tertiary/aromatic N) is 1. The summed E-state index contributed by atoms with van der Waals surface area (Å²) in [6.07, 6.45) is 1.08. The molecule has 0 aromatic heterocycles. The van der Waals surface area contributed by atoms with Crippen LogP contribution in [0.5, 0.6) is 0 Å². The minimum absolute atomic E-state index is 0.0702. The van der Waals surface area contributed by atoms with Crippen LogP contribution >= 0.6 is 11.6 Å². The molecule has 2 heterocycles. The average molecular weight is 254 g/mol. The summed E-state index contributed by atoms with van der Waals surface area (Å²) in [6, 6.07) is 5.13. The fraction of sp³-hybridized carbons (Fsp3) is 0.417. The van der Waals surface area contributed by atoms with Gasteiger partial charge in [-0.15, -0.1) is 0 Å². The second-order valence-electron chi connectivity index (χ2n) is 4.56. The SMILES string of the molecule is O=C(O)c1cccc(N2CCC23COC3)c1Cl. The number of aromatic carboxylic acids is 1. The number of carboxylic acid groups (broad SMARTS) is 1. The van der Waals surface area contributed by atoms with Crippen LogP contribution < -0.4 is 4.90 Å². The predicted molar refractivity (Wildman–Crippen MR) is 63.9 cm³/mol. The van der Waals surface area contributed by atoms with E-state index < -0.39 is 5.97 Å². The quantitative estimate of drug-likeness (QED) is 0.876. The second kappa shape index (κ2) is 3.62. The van der Waals surface area contributed by atoms with Crippen molar-refractivity contribution in [3.8, 4) is 0 Å². The number of carboxylic acids is 1. The summed E-state index contributed by atoms with van der Waals surface area (Å²) in [6.45, 7) is 2.33. The van der Waals surface area contributed by atoms with Crippen LogP contribution in [0.3, 0.4) is 0 Å². The summed E-state index contributed by atoms with van der Waals surface area (Å²) < 4.78 is 5.25. The highest BCUT2D eigenvalue weighted by atomic mass is 35.5. The molecule has 4 nitrogen and oxygen atoms in total. The first-order chi connectivity index (χ1) is 8.14. The molecule has 1 spiro atoms. The molecule has 0 amide bonds. The Morgan fingerprint density at radius 3 is 2.71 bits per heavy atom. The van der Waals surface area contributed by atoms with Gasteiger partial charge in [0.1, 0.15) is 0 Å². The largest absolute Gasteiger partial charge is 0.478 e. The lowest BCUT2D eigenvalue weighted by Gasteiger charge is -2.59. The molecule has 0 radical (unpaired) electrons. The molecule has 0 saturated carbocycles. The summed E-state index contributed by atoms with van der Waals surface area (Å²) in [5, 5.41) is 9.36. The average Bonchev–Trinajstić information content (AvgIpc) is 2.16. The van der Waals surface area contributed by atoms with Crippen LogP contribution in [0.25, 0.3) is 0 Å². The van der Waals surface area contributed by atoms with Gasteiger partial charge in [-0.2, -0.15) is 0 Å². The Morgan fingerprint density at radius 1 is 1.47 bits per heavy atom. The lowest BCUT2D eigenvalue weighted by molar-refractivity contribution is -0.0847. The van der Waals surface area contributed by atoms with Crippen molar-refractivity contribution in [1.29, 1.82) is 0 Å². The van der Waals surface area contributed by atoms with Gasteiger partial charge in [-0.3, -0.25) is 0 Å². The highest BCUT2D eigenvalue weighted by molar-refractivity contribution is 6.36. The Bertz CT molecular complexity index is 479. The van der Waals surface area contributed by atoms with E-state index in [0.717, 1.165) is 18.7 Å². The van der Waals surface area contributed by atoms with Gasteiger partial charge in [-0.1, -0.05) is 17.7 Å². The summed E-state index contributed by atoms with van der Waals surface area (Å²) in [7, 11) is 0. The molecule has 0 atom stereocenters. The van der Waals surface area contributed by atoms with Crippen LogP contribution in [-0.2, 0) is 4.74 Å². The summed E-state index contributed by atoms with van der Waals surface area (Å²) in [5.74, 6) is -0.990. The van der Waals surface area contributed by atoms with Crippen LogP contribution in [0.1, 0.15) is 16.8 Å². The van der Waals surface area contributed by atoms with E-state index in [0.29, 0.717) is 18.2 Å². The first kappa shape index (κ1) is 10.9. The third-order valence-electron chi connectivity index (χ3n) is 3.61. The van der Waals surface area contributed by atoms with Crippen molar-refractivity contribution in [2.24, 2.45) is 0 Å². The van der Waals surface area contributed by atoms with Crippen molar-refractivity contribution in [2.75, 3.05) is 24.7 Å². The van der Waals surface area contributed by atoms with Gasteiger partial charge in [0.25, 0.3) is 0 Å². The molecule has 2 aliphatic rings. The lowest BCUT2D eigenvalue weighted by atomic mass is 9.82. The molecule has 0 unspecified atom stereocenters. The molecule has 1 aromatic carbocycles. The minimum Gasteiger partial charge on any atom is -0.478 e. The van der Waals surface area contributed by atoms with Gasteiger partial charge in [0.2, 0.25) is 0 Å². The van der Waals surface area contributed by atoms with Gasteiger partial charge in [-0.05, 0) is 18.6 Å². The van der Waals surface area contributed by atoms with Crippen LogP contribution in [0.4, 0.5) is 5.69 Å². The molecule has 5 heteroatoms. The third-order valence-corrected chi connectivity index (χ3v) is 4.01. The maximum Gasteiger partial charge on any atom is 0.337 e. The van der Waals surface area contributed by atoms with Gasteiger partial charge >= 0.3 is 5.97 Å². The normalized spacial score (nSPS) is 20.9. The molecule has 3 rings (SSSR count). The van der Waals surface area contributed by atoms with E-state index in [4.69, 9.17) is 21.4 Å². The molecule has 1 N–H and O–H groups in total. The number of ether oxygens (including phenoxy) is 1. The van der Waals surface area contributed by atoms with Crippen LogP contribution in [0.15, 0.2) is 18.2 Å². The monoisotopic (exact) mass is 253 g/mol. The Morgan fingerprint density at radius 2 is 2.24 bits per heavy atom. The summed E-state index contributed by atoms with van der Waals surface area (Å²) in [4.78, 5) is 13.2. The van der Waals surface area contributed by atoms with Gasteiger partial charge in [0, 0.05) is 6.54 Å². The molecular weight excluding hydrogens is 242 g/mol. The van der Waals surface area contributed by atoms with E-state index in [1.54, 1.807) is 6.07 Å². The first-order valence-corrected chi connectivity index (χ1v) is 5.89. The molecule has 0 bridgehead atoms. The number of hydrogen-bond donors (Lipinski definition) is 1. The smallest absolute Gasteiger partial charge is 0.337 e. The van der Waals surface area contributed by atoms with Crippen molar-refractivity contribution < 1.29 is 14.6 Å². The molecule has 1 aromatic rings. The van der Waals surface area contributed by atoms with E-state index in [1.807, 2.05) is 6.07 Å². The van der Waals surface area contributed by atoms with E-state index in [9.17, 15) is 4.79 Å². The van der Waals surface area contributed by atoms with Gasteiger partial charge in [-0.25, -0.2) is 4.79 Å². The standard InChI is InChI=1S/C12H12ClNO3/c13-10-8(11(15)16)2-1-3-9(10)14-5-4-12(14)6-17-7-12/h1-3H,4-7H2,(H,15,16). The fourth-order valence-electron chi connectivity index (χ4n) is 2.45. The Hall–Kier alpha value is -1.26. The zero-order chi connectivity index (χ0) is 12.0. The van der Waals surface area contributed by atoms with Gasteiger partial charge < -0.3 is 14.7 Å². The van der Waals surface area contributed by atoms with Crippen LogP contribution in [0, 0.1) is 0 Å². The Labute approximate surface area is 104 Å². The van der Waals surface area contributed by atoms with Crippen molar-refractivity contribution in [3.05, 3.63) is 28.8 Å². The second-order valence-corrected chi connectivity index (χ2v) is 4.94. The minimum atomic E-state index is -0.990. The van der Waals surface area contributed by atoms with Gasteiger partial charge in [0.15, 0.2) is 0 Å².